The molecule has 1 aliphatic heterocycles. The third kappa shape index (κ3) is 3.63. The van der Waals surface area contributed by atoms with Gasteiger partial charge in [-0.1, -0.05) is 6.07 Å². The summed E-state index contributed by atoms with van der Waals surface area (Å²) in [4.78, 5) is 19.5. The number of carbonyl (C=O) groups excluding carboxylic acids is 1. The molecule has 0 bridgehead atoms. The van der Waals surface area contributed by atoms with Gasteiger partial charge in [-0.3, -0.25) is 9.78 Å². The first-order valence-corrected chi connectivity index (χ1v) is 8.08. The fourth-order valence-corrected chi connectivity index (χ4v) is 3.77. The standard InChI is InChI=1S/C14H14BrN3OS.ClH/c15-11-6-13(20-9-11)14(19)18-5-4-17-8-12(18)10-2-1-3-16-7-10;/h1-3,6-7,9,12,17H,4-5,8H2;1H. The molecule has 2 aromatic heterocycles. The first-order chi connectivity index (χ1) is 9.75. The third-order valence-electron chi connectivity index (χ3n) is 3.35. The van der Waals surface area contributed by atoms with Crippen LogP contribution in [0, 0.1) is 0 Å². The van der Waals surface area contributed by atoms with Crippen LogP contribution < -0.4 is 5.32 Å². The van der Waals surface area contributed by atoms with E-state index in [1.54, 1.807) is 6.20 Å². The number of nitrogens with zero attached hydrogens (tertiary/aromatic N) is 2. The zero-order valence-electron chi connectivity index (χ0n) is 11.2. The van der Waals surface area contributed by atoms with Gasteiger partial charge in [0.25, 0.3) is 5.91 Å². The number of hydrogen-bond donors (Lipinski definition) is 1. The van der Waals surface area contributed by atoms with Crippen LogP contribution in [0.15, 0.2) is 40.4 Å². The summed E-state index contributed by atoms with van der Waals surface area (Å²) in [6, 6.07) is 5.87. The van der Waals surface area contributed by atoms with Crippen molar-refractivity contribution in [3.63, 3.8) is 0 Å². The summed E-state index contributed by atoms with van der Waals surface area (Å²) in [5.41, 5.74) is 1.07. The second-order valence-corrected chi connectivity index (χ2v) is 6.46. The Kier molecular flexibility index (Phi) is 5.75. The number of nitrogens with one attached hydrogen (secondary N) is 1. The Morgan fingerprint density at radius 2 is 2.38 bits per heavy atom. The Morgan fingerprint density at radius 3 is 3.05 bits per heavy atom. The number of pyridine rings is 1. The predicted molar refractivity (Wildman–Crippen MR) is 90.2 cm³/mol. The molecule has 0 aromatic carbocycles. The van der Waals surface area contributed by atoms with E-state index < -0.39 is 0 Å². The highest BCUT2D eigenvalue weighted by Gasteiger charge is 2.29. The molecule has 1 atom stereocenters. The summed E-state index contributed by atoms with van der Waals surface area (Å²) in [5, 5.41) is 5.29. The number of carbonyl (C=O) groups is 1. The van der Waals surface area contributed by atoms with Crippen molar-refractivity contribution in [1.29, 1.82) is 0 Å². The molecule has 2 aromatic rings. The molecule has 3 heterocycles. The first-order valence-electron chi connectivity index (χ1n) is 6.41. The lowest BCUT2D eigenvalue weighted by molar-refractivity contribution is 0.0639. The molecular weight excluding hydrogens is 374 g/mol. The van der Waals surface area contributed by atoms with E-state index in [9.17, 15) is 4.79 Å². The van der Waals surface area contributed by atoms with Crippen molar-refractivity contribution in [2.45, 2.75) is 6.04 Å². The number of amides is 1. The largest absolute Gasteiger partial charge is 0.328 e. The van der Waals surface area contributed by atoms with Crippen LogP contribution in [0.1, 0.15) is 21.3 Å². The average Bonchev–Trinajstić information content (AvgIpc) is 2.94. The fraction of sp³-hybridized carbons (Fsp3) is 0.286. The molecule has 0 radical (unpaired) electrons. The summed E-state index contributed by atoms with van der Waals surface area (Å²) in [5.74, 6) is 0.0936. The molecule has 1 unspecified atom stereocenters. The molecule has 21 heavy (non-hydrogen) atoms. The van der Waals surface area contributed by atoms with Gasteiger partial charge in [0, 0.05) is 41.9 Å². The lowest BCUT2D eigenvalue weighted by Crippen LogP contribution is -2.48. The molecule has 1 amide bonds. The van der Waals surface area contributed by atoms with Crippen LogP contribution >= 0.6 is 39.7 Å². The molecule has 1 fully saturated rings. The zero-order chi connectivity index (χ0) is 13.9. The third-order valence-corrected chi connectivity index (χ3v) is 5.03. The van der Waals surface area contributed by atoms with Crippen molar-refractivity contribution < 1.29 is 4.79 Å². The van der Waals surface area contributed by atoms with Crippen molar-refractivity contribution in [2.75, 3.05) is 19.6 Å². The van der Waals surface area contributed by atoms with Crippen LogP contribution in [-0.2, 0) is 0 Å². The minimum absolute atomic E-state index is 0. The molecule has 0 saturated carbocycles. The van der Waals surface area contributed by atoms with Crippen LogP contribution in [0.3, 0.4) is 0 Å². The topological polar surface area (TPSA) is 45.2 Å². The van der Waals surface area contributed by atoms with E-state index in [2.05, 4.69) is 26.2 Å². The van der Waals surface area contributed by atoms with E-state index in [-0.39, 0.29) is 24.4 Å². The molecule has 3 rings (SSSR count). The molecule has 0 aliphatic carbocycles. The zero-order valence-corrected chi connectivity index (χ0v) is 14.4. The second-order valence-electron chi connectivity index (χ2n) is 4.63. The highest BCUT2D eigenvalue weighted by molar-refractivity contribution is 9.10. The predicted octanol–water partition coefficient (Wildman–Crippen LogP) is 3.11. The van der Waals surface area contributed by atoms with E-state index in [4.69, 9.17) is 0 Å². The molecule has 0 spiro atoms. The van der Waals surface area contributed by atoms with Gasteiger partial charge in [0.05, 0.1) is 10.9 Å². The lowest BCUT2D eigenvalue weighted by Gasteiger charge is -2.36. The number of halogens is 2. The van der Waals surface area contributed by atoms with Crippen molar-refractivity contribution in [2.24, 2.45) is 0 Å². The van der Waals surface area contributed by atoms with Gasteiger partial charge in [0.15, 0.2) is 0 Å². The number of rotatable bonds is 2. The molecule has 1 saturated heterocycles. The smallest absolute Gasteiger partial charge is 0.264 e. The van der Waals surface area contributed by atoms with Crippen molar-refractivity contribution in [3.8, 4) is 0 Å². The Balaban J connectivity index is 0.00000161. The molecular formula is C14H15BrClN3OS. The highest BCUT2D eigenvalue weighted by atomic mass is 79.9. The van der Waals surface area contributed by atoms with Gasteiger partial charge in [-0.05, 0) is 33.6 Å². The quantitative estimate of drug-likeness (QED) is 0.860. The maximum atomic E-state index is 12.7. The monoisotopic (exact) mass is 387 g/mol. The molecule has 1 N–H and O–H groups in total. The van der Waals surface area contributed by atoms with Crippen LogP contribution in [-0.4, -0.2) is 35.4 Å². The summed E-state index contributed by atoms with van der Waals surface area (Å²) >= 11 is 4.88. The van der Waals surface area contributed by atoms with Crippen molar-refractivity contribution in [1.82, 2.24) is 15.2 Å². The number of aromatic nitrogens is 1. The Labute approximate surface area is 142 Å². The molecule has 1 aliphatic rings. The Bertz CT molecular complexity index is 607. The van der Waals surface area contributed by atoms with Gasteiger partial charge in [-0.2, -0.15) is 0 Å². The van der Waals surface area contributed by atoms with Gasteiger partial charge < -0.3 is 10.2 Å². The van der Waals surface area contributed by atoms with Gasteiger partial charge in [0.2, 0.25) is 0 Å². The molecule has 4 nitrogen and oxygen atoms in total. The fourth-order valence-electron chi connectivity index (χ4n) is 2.39. The summed E-state index contributed by atoms with van der Waals surface area (Å²) in [6.07, 6.45) is 3.59. The summed E-state index contributed by atoms with van der Waals surface area (Å²) in [6.45, 7) is 2.31. The minimum atomic E-state index is 0. The molecule has 112 valence electrons. The number of thiophene rings is 1. The van der Waals surface area contributed by atoms with Gasteiger partial charge in [-0.25, -0.2) is 0 Å². The van der Waals surface area contributed by atoms with Crippen LogP contribution in [0.5, 0.6) is 0 Å². The SMILES string of the molecule is Cl.O=C(c1cc(Br)cs1)N1CCNCC1c1cccnc1. The normalized spacial score (nSPS) is 18.1. The maximum Gasteiger partial charge on any atom is 0.264 e. The van der Waals surface area contributed by atoms with Gasteiger partial charge in [0.1, 0.15) is 0 Å². The van der Waals surface area contributed by atoms with E-state index in [0.717, 1.165) is 28.0 Å². The van der Waals surface area contributed by atoms with Crippen LogP contribution in [0.4, 0.5) is 0 Å². The van der Waals surface area contributed by atoms with Crippen LogP contribution in [0.2, 0.25) is 0 Å². The van der Waals surface area contributed by atoms with E-state index in [0.29, 0.717) is 6.54 Å². The minimum Gasteiger partial charge on any atom is -0.328 e. The van der Waals surface area contributed by atoms with E-state index in [1.807, 2.05) is 34.7 Å². The Hall–Kier alpha value is -0.950. The van der Waals surface area contributed by atoms with E-state index >= 15 is 0 Å². The first kappa shape index (κ1) is 16.4. The molecule has 7 heteroatoms. The number of hydrogen-bond acceptors (Lipinski definition) is 4. The summed E-state index contributed by atoms with van der Waals surface area (Å²) in [7, 11) is 0. The Morgan fingerprint density at radius 1 is 1.52 bits per heavy atom. The van der Waals surface area contributed by atoms with E-state index in [1.165, 1.54) is 11.3 Å². The second kappa shape index (κ2) is 7.35. The summed E-state index contributed by atoms with van der Waals surface area (Å²) < 4.78 is 0.957. The van der Waals surface area contributed by atoms with Crippen molar-refractivity contribution >= 4 is 45.6 Å². The average molecular weight is 389 g/mol. The van der Waals surface area contributed by atoms with Gasteiger partial charge in [-0.15, -0.1) is 23.7 Å². The highest BCUT2D eigenvalue weighted by Crippen LogP contribution is 2.27. The van der Waals surface area contributed by atoms with Crippen molar-refractivity contribution in [3.05, 3.63) is 50.9 Å². The number of piperazine rings is 1. The maximum absolute atomic E-state index is 12.7. The van der Waals surface area contributed by atoms with Crippen LogP contribution in [0.25, 0.3) is 0 Å². The van der Waals surface area contributed by atoms with Gasteiger partial charge >= 0.3 is 0 Å². The lowest BCUT2D eigenvalue weighted by atomic mass is 10.1.